The molecule has 0 radical (unpaired) electrons. The summed E-state index contributed by atoms with van der Waals surface area (Å²) >= 11 is 0. The summed E-state index contributed by atoms with van der Waals surface area (Å²) in [6.07, 6.45) is 54.2. The summed E-state index contributed by atoms with van der Waals surface area (Å²) in [5.41, 5.74) is 3.04. The lowest BCUT2D eigenvalue weighted by Crippen LogP contribution is -2.38. The first kappa shape index (κ1) is 66.3. The van der Waals surface area contributed by atoms with Gasteiger partial charge in [0.15, 0.2) is 0 Å². The van der Waals surface area contributed by atoms with Gasteiger partial charge < -0.3 is 22.6 Å². The summed E-state index contributed by atoms with van der Waals surface area (Å²) in [6.45, 7) is 15.8. The van der Waals surface area contributed by atoms with Crippen LogP contribution in [0.1, 0.15) is 310 Å². The smallest absolute Gasteiger partial charge is 0.418 e. The van der Waals surface area contributed by atoms with E-state index in [1.807, 2.05) is 0 Å². The van der Waals surface area contributed by atoms with Crippen molar-refractivity contribution in [2.45, 2.75) is 323 Å². The first-order valence-corrected chi connectivity index (χ1v) is 34.8. The highest BCUT2D eigenvalue weighted by Crippen LogP contribution is 2.53. The molecule has 0 N–H and O–H groups in total. The predicted octanol–water partition coefficient (Wildman–Crippen LogP) is 23.5. The molecular weight excluding hydrogens is 963 g/mol. The van der Waals surface area contributed by atoms with E-state index in [0.29, 0.717) is 11.8 Å². The quantitative estimate of drug-likeness (QED) is 0.0486. The number of unbranched alkanes of at least 4 members (excludes halogenated alkanes) is 28. The maximum Gasteiger partial charge on any atom is 0.463 e. The topological polar surface area (TPSA) is 55.4 Å². The molecule has 0 unspecified atom stereocenters. The molecule has 2 fully saturated rings. The third-order valence-electron chi connectivity index (χ3n) is 17.2. The van der Waals surface area contributed by atoms with E-state index < -0.39 is 17.2 Å². The molecule has 0 bridgehead atoms. The van der Waals surface area contributed by atoms with Gasteiger partial charge in [-0.1, -0.05) is 246 Å². The predicted molar refractivity (Wildman–Crippen MR) is 325 cm³/mol. The molecule has 0 spiro atoms. The second-order valence-corrected chi connectivity index (χ2v) is 26.2. The summed E-state index contributed by atoms with van der Waals surface area (Å²) in [4.78, 5) is 0. The Morgan fingerprint density at radius 2 is 0.627 bits per heavy atom. The molecule has 2 aromatic carbocycles. The van der Waals surface area contributed by atoms with Crippen LogP contribution in [-0.4, -0.2) is 25.4 Å². The van der Waals surface area contributed by atoms with Gasteiger partial charge in [-0.25, -0.2) is 0 Å². The minimum atomic E-state index is -1.62. The van der Waals surface area contributed by atoms with Crippen molar-refractivity contribution in [2.75, 3.05) is 13.2 Å². The van der Waals surface area contributed by atoms with Gasteiger partial charge >= 0.3 is 17.2 Å². The second kappa shape index (κ2) is 43.5. The van der Waals surface area contributed by atoms with E-state index >= 15 is 0 Å². The van der Waals surface area contributed by atoms with Crippen molar-refractivity contribution in [3.05, 3.63) is 59.7 Å². The Labute approximate surface area is 467 Å². The van der Waals surface area contributed by atoms with E-state index in [9.17, 15) is 0 Å². The zero-order chi connectivity index (χ0) is 53.3. The van der Waals surface area contributed by atoms with Gasteiger partial charge in [0.1, 0.15) is 11.5 Å². The fourth-order valence-electron chi connectivity index (χ4n) is 11.8. The molecule has 4 rings (SSSR count). The summed E-state index contributed by atoms with van der Waals surface area (Å²) in [5, 5.41) is 0. The third kappa shape index (κ3) is 30.8. The van der Waals surface area contributed by atoms with Gasteiger partial charge in [-0.15, -0.1) is 0 Å². The van der Waals surface area contributed by atoms with Crippen LogP contribution in [0, 0.1) is 17.3 Å². The van der Waals surface area contributed by atoms with Crippen LogP contribution < -0.4 is 9.05 Å². The van der Waals surface area contributed by atoms with E-state index in [2.05, 4.69) is 90.1 Å². The van der Waals surface area contributed by atoms with Gasteiger partial charge in [0.25, 0.3) is 0 Å². The minimum absolute atomic E-state index is 0.130. The van der Waals surface area contributed by atoms with Crippen LogP contribution in [0.25, 0.3) is 0 Å². The molecule has 0 aromatic heterocycles. The van der Waals surface area contributed by atoms with Gasteiger partial charge in [0, 0.05) is 0 Å². The Bertz CT molecular complexity index is 1480. The SMILES string of the molecule is CCCCCCCCCCOP(OCCCCCCCCCC)OC1CCC(C(C)(C)C2CCC(OP(Oc3ccc(CCCCCCCCCC)cc3)Oc3ccc(CCCCCCCCCC)cc3)CC2)CC1. The maximum atomic E-state index is 6.88. The second-order valence-electron chi connectivity index (χ2n) is 24.0. The van der Waals surface area contributed by atoms with Crippen molar-refractivity contribution in [3.63, 3.8) is 0 Å². The van der Waals surface area contributed by atoms with Gasteiger partial charge in [-0.2, -0.15) is 0 Å². The molecule has 75 heavy (non-hydrogen) atoms. The molecule has 432 valence electrons. The van der Waals surface area contributed by atoms with Crippen LogP contribution >= 0.6 is 17.2 Å². The van der Waals surface area contributed by atoms with Gasteiger partial charge in [-0.05, 0) is 143 Å². The summed E-state index contributed by atoms with van der Waals surface area (Å²) in [5.74, 6) is 3.04. The van der Waals surface area contributed by atoms with Crippen molar-refractivity contribution in [1.29, 1.82) is 0 Å². The summed E-state index contributed by atoms with van der Waals surface area (Å²) in [6, 6.07) is 17.5. The van der Waals surface area contributed by atoms with Crippen LogP contribution in [0.5, 0.6) is 11.5 Å². The number of benzene rings is 2. The van der Waals surface area contributed by atoms with E-state index in [0.717, 1.165) is 76.1 Å². The van der Waals surface area contributed by atoms with Crippen molar-refractivity contribution in [3.8, 4) is 11.5 Å². The highest BCUT2D eigenvalue weighted by molar-refractivity contribution is 7.42. The van der Waals surface area contributed by atoms with E-state index in [1.54, 1.807) is 0 Å². The van der Waals surface area contributed by atoms with Crippen molar-refractivity contribution in [2.24, 2.45) is 17.3 Å². The molecule has 6 nitrogen and oxygen atoms in total. The van der Waals surface area contributed by atoms with Crippen molar-refractivity contribution in [1.82, 2.24) is 0 Å². The Kier molecular flexibility index (Phi) is 38.5. The number of hydrogen-bond acceptors (Lipinski definition) is 6. The van der Waals surface area contributed by atoms with Crippen LogP contribution in [0.3, 0.4) is 0 Å². The van der Waals surface area contributed by atoms with Crippen molar-refractivity contribution < 1.29 is 27.1 Å². The molecule has 0 amide bonds. The molecule has 0 aliphatic heterocycles. The normalized spacial score (nSPS) is 18.3. The standard InChI is InChI=1S/C67H118O6P2/c1-7-11-15-19-23-27-31-35-39-59-41-49-63(50-42-59)71-75(72-64-51-43-60(44-52-64)40-36-32-28-24-20-16-12-8-2)73-66-55-47-62(48-56-66)67(5,6)61-45-53-65(54-46-61)70-74(68-57-37-33-29-25-21-17-13-9-3)69-58-38-34-30-26-22-18-14-10-4/h41-44,49-52,61-62,65-66H,7-40,45-48,53-58H2,1-6H3. The number of aryl methyl sites for hydroxylation is 2. The minimum Gasteiger partial charge on any atom is -0.418 e. The maximum absolute atomic E-state index is 6.88. The van der Waals surface area contributed by atoms with Crippen LogP contribution in [0.4, 0.5) is 0 Å². The molecule has 8 heteroatoms. The van der Waals surface area contributed by atoms with Gasteiger partial charge in [0.05, 0.1) is 25.4 Å². The van der Waals surface area contributed by atoms with E-state index in [1.165, 1.54) is 229 Å². The first-order valence-electron chi connectivity index (χ1n) is 32.6. The monoisotopic (exact) mass is 1080 g/mol. The Morgan fingerprint density at radius 3 is 0.947 bits per heavy atom. The highest BCUT2D eigenvalue weighted by Gasteiger charge is 2.42. The molecule has 0 saturated heterocycles. The molecule has 2 aliphatic rings. The lowest BCUT2D eigenvalue weighted by atomic mass is 9.60. The average Bonchev–Trinajstić information content (AvgIpc) is 3.42. The van der Waals surface area contributed by atoms with E-state index in [-0.39, 0.29) is 17.6 Å². The largest absolute Gasteiger partial charge is 0.463 e. The van der Waals surface area contributed by atoms with Crippen LogP contribution in [-0.2, 0) is 30.9 Å². The average molecular weight is 1080 g/mol. The molecule has 2 aliphatic carbocycles. The van der Waals surface area contributed by atoms with E-state index in [4.69, 9.17) is 27.1 Å². The molecule has 0 atom stereocenters. The Balaban J connectivity index is 1.25. The molecular formula is C67H118O6P2. The summed E-state index contributed by atoms with van der Waals surface area (Å²) < 4.78 is 39.8. The Hall–Kier alpha value is -1.26. The highest BCUT2D eigenvalue weighted by atomic mass is 31.2. The summed E-state index contributed by atoms with van der Waals surface area (Å²) in [7, 11) is -2.92. The van der Waals surface area contributed by atoms with Gasteiger partial charge in [0.2, 0.25) is 0 Å². The lowest BCUT2D eigenvalue weighted by Gasteiger charge is -2.46. The van der Waals surface area contributed by atoms with Crippen molar-refractivity contribution >= 4 is 17.2 Å². The zero-order valence-corrected chi connectivity index (χ0v) is 51.7. The Morgan fingerprint density at radius 1 is 0.347 bits per heavy atom. The molecule has 0 heterocycles. The number of hydrogen-bond donors (Lipinski definition) is 0. The molecule has 2 aromatic rings. The van der Waals surface area contributed by atoms with Crippen LogP contribution in [0.15, 0.2) is 48.5 Å². The fourth-order valence-corrected chi connectivity index (χ4v) is 14.2. The lowest BCUT2D eigenvalue weighted by molar-refractivity contribution is 0.00531. The van der Waals surface area contributed by atoms with Crippen LogP contribution in [0.2, 0.25) is 0 Å². The first-order chi connectivity index (χ1) is 36.8. The number of rotatable bonds is 48. The third-order valence-corrected chi connectivity index (χ3v) is 19.6. The fraction of sp³-hybridized carbons (Fsp3) is 0.821. The molecule has 2 saturated carbocycles. The van der Waals surface area contributed by atoms with Gasteiger partial charge in [-0.3, -0.25) is 4.52 Å². The zero-order valence-electron chi connectivity index (χ0n) is 49.9.